The zero-order valence-electron chi connectivity index (χ0n) is 12.8. The SMILES string of the molecule is CC1CN(C(=O)C2CCOc3ccc(Cl)cc32)c2cnccc21. The number of pyridine rings is 1. The number of carbonyl (C=O) groups excluding carboxylic acids is 1. The van der Waals surface area contributed by atoms with Crippen molar-refractivity contribution in [2.75, 3.05) is 18.1 Å². The van der Waals surface area contributed by atoms with Crippen LogP contribution in [0.3, 0.4) is 0 Å². The fourth-order valence-electron chi connectivity index (χ4n) is 3.53. The summed E-state index contributed by atoms with van der Waals surface area (Å²) < 4.78 is 5.67. The molecule has 0 radical (unpaired) electrons. The second-order valence-electron chi connectivity index (χ2n) is 6.16. The monoisotopic (exact) mass is 328 g/mol. The Bertz CT molecular complexity index is 777. The van der Waals surface area contributed by atoms with E-state index in [1.54, 1.807) is 18.5 Å². The Kier molecular flexibility index (Phi) is 3.49. The Morgan fingerprint density at radius 2 is 2.22 bits per heavy atom. The number of anilines is 1. The van der Waals surface area contributed by atoms with Gasteiger partial charge in [-0.15, -0.1) is 0 Å². The molecule has 4 rings (SSSR count). The van der Waals surface area contributed by atoms with Crippen LogP contribution in [0.5, 0.6) is 5.75 Å². The molecule has 1 aromatic heterocycles. The lowest BCUT2D eigenvalue weighted by atomic mass is 9.91. The molecule has 3 heterocycles. The fourth-order valence-corrected chi connectivity index (χ4v) is 3.71. The van der Waals surface area contributed by atoms with Gasteiger partial charge in [-0.2, -0.15) is 0 Å². The number of aromatic nitrogens is 1. The van der Waals surface area contributed by atoms with E-state index in [0.29, 0.717) is 30.5 Å². The van der Waals surface area contributed by atoms with Gasteiger partial charge in [-0.3, -0.25) is 9.78 Å². The third-order valence-electron chi connectivity index (χ3n) is 4.69. The van der Waals surface area contributed by atoms with Crippen molar-refractivity contribution in [1.29, 1.82) is 0 Å². The number of fused-ring (bicyclic) bond motifs is 2. The van der Waals surface area contributed by atoms with Crippen LogP contribution in [0.4, 0.5) is 5.69 Å². The van der Waals surface area contributed by atoms with E-state index in [9.17, 15) is 4.79 Å². The van der Waals surface area contributed by atoms with Crippen molar-refractivity contribution in [3.63, 3.8) is 0 Å². The Morgan fingerprint density at radius 1 is 1.35 bits per heavy atom. The summed E-state index contributed by atoms with van der Waals surface area (Å²) in [7, 11) is 0. The molecular formula is C18H17ClN2O2. The Hall–Kier alpha value is -2.07. The molecule has 1 amide bonds. The number of hydrogen-bond acceptors (Lipinski definition) is 3. The highest BCUT2D eigenvalue weighted by atomic mass is 35.5. The van der Waals surface area contributed by atoms with Crippen molar-refractivity contribution in [2.24, 2.45) is 0 Å². The molecule has 2 atom stereocenters. The van der Waals surface area contributed by atoms with E-state index in [-0.39, 0.29) is 11.8 Å². The normalized spacial score (nSPS) is 22.3. The molecule has 118 valence electrons. The first-order valence-corrected chi connectivity index (χ1v) is 8.20. The standard InChI is InChI=1S/C18H17ClN2O2/c1-11-10-21(16-9-20-6-4-13(11)16)18(22)14-5-7-23-17-3-2-12(19)8-15(14)17/h2-4,6,8-9,11,14H,5,7,10H2,1H3. The summed E-state index contributed by atoms with van der Waals surface area (Å²) in [4.78, 5) is 19.2. The Labute approximate surface area is 140 Å². The molecule has 1 aromatic carbocycles. The molecule has 2 aromatic rings. The summed E-state index contributed by atoms with van der Waals surface area (Å²) in [5.41, 5.74) is 3.01. The zero-order valence-corrected chi connectivity index (χ0v) is 13.6. The third kappa shape index (κ3) is 2.38. The molecule has 0 bridgehead atoms. The average Bonchev–Trinajstić information content (AvgIpc) is 2.91. The van der Waals surface area contributed by atoms with Gasteiger partial charge in [-0.05, 0) is 36.2 Å². The molecule has 0 aliphatic carbocycles. The molecule has 4 nitrogen and oxygen atoms in total. The van der Waals surface area contributed by atoms with Crippen LogP contribution in [-0.2, 0) is 4.79 Å². The molecule has 5 heteroatoms. The number of amides is 1. The van der Waals surface area contributed by atoms with Gasteiger partial charge in [0.1, 0.15) is 5.75 Å². The number of ether oxygens (including phenoxy) is 1. The molecular weight excluding hydrogens is 312 g/mol. The minimum Gasteiger partial charge on any atom is -0.493 e. The summed E-state index contributed by atoms with van der Waals surface area (Å²) in [6.07, 6.45) is 4.24. The van der Waals surface area contributed by atoms with Crippen LogP contribution in [0.2, 0.25) is 5.02 Å². The lowest BCUT2D eigenvalue weighted by Gasteiger charge is -2.29. The van der Waals surface area contributed by atoms with E-state index in [1.165, 1.54) is 5.56 Å². The summed E-state index contributed by atoms with van der Waals surface area (Å²) >= 11 is 6.12. The van der Waals surface area contributed by atoms with E-state index < -0.39 is 0 Å². The van der Waals surface area contributed by atoms with Gasteiger partial charge in [-0.1, -0.05) is 18.5 Å². The molecule has 2 aliphatic rings. The second kappa shape index (κ2) is 5.53. The smallest absolute Gasteiger partial charge is 0.234 e. The Balaban J connectivity index is 1.71. The van der Waals surface area contributed by atoms with Crippen LogP contribution >= 0.6 is 11.6 Å². The summed E-state index contributed by atoms with van der Waals surface area (Å²) in [6, 6.07) is 7.49. The van der Waals surface area contributed by atoms with Crippen LogP contribution in [-0.4, -0.2) is 24.0 Å². The van der Waals surface area contributed by atoms with E-state index >= 15 is 0 Å². The maximum absolute atomic E-state index is 13.2. The van der Waals surface area contributed by atoms with Gasteiger partial charge in [0.15, 0.2) is 0 Å². The molecule has 2 aliphatic heterocycles. The first kappa shape index (κ1) is 14.5. The van der Waals surface area contributed by atoms with Crippen molar-refractivity contribution in [3.8, 4) is 5.75 Å². The summed E-state index contributed by atoms with van der Waals surface area (Å²) in [5, 5.41) is 0.629. The topological polar surface area (TPSA) is 42.4 Å². The first-order chi connectivity index (χ1) is 11.1. The predicted molar refractivity (Wildman–Crippen MR) is 89.3 cm³/mol. The number of rotatable bonds is 1. The zero-order chi connectivity index (χ0) is 16.0. The molecule has 0 saturated heterocycles. The lowest BCUT2D eigenvalue weighted by Crippen LogP contribution is -2.36. The molecule has 23 heavy (non-hydrogen) atoms. The number of carbonyl (C=O) groups is 1. The van der Waals surface area contributed by atoms with Crippen molar-refractivity contribution >= 4 is 23.2 Å². The molecule has 0 saturated carbocycles. The second-order valence-corrected chi connectivity index (χ2v) is 6.59. The van der Waals surface area contributed by atoms with E-state index in [2.05, 4.69) is 11.9 Å². The summed E-state index contributed by atoms with van der Waals surface area (Å²) in [6.45, 7) is 3.39. The van der Waals surface area contributed by atoms with Crippen LogP contribution < -0.4 is 9.64 Å². The van der Waals surface area contributed by atoms with Crippen molar-refractivity contribution in [1.82, 2.24) is 4.98 Å². The van der Waals surface area contributed by atoms with Gasteiger partial charge in [0.2, 0.25) is 5.91 Å². The minimum absolute atomic E-state index is 0.107. The summed E-state index contributed by atoms with van der Waals surface area (Å²) in [5.74, 6) is 0.986. The molecule has 0 N–H and O–H groups in total. The maximum atomic E-state index is 13.2. The average molecular weight is 329 g/mol. The molecule has 2 unspecified atom stereocenters. The molecule has 0 spiro atoms. The fraction of sp³-hybridized carbons (Fsp3) is 0.333. The van der Waals surface area contributed by atoms with E-state index in [1.807, 2.05) is 23.1 Å². The van der Waals surface area contributed by atoms with Gasteiger partial charge < -0.3 is 9.64 Å². The van der Waals surface area contributed by atoms with Gasteiger partial charge in [0.05, 0.1) is 24.4 Å². The quantitative estimate of drug-likeness (QED) is 0.800. The van der Waals surface area contributed by atoms with Crippen LogP contribution in [0.25, 0.3) is 0 Å². The van der Waals surface area contributed by atoms with E-state index in [4.69, 9.17) is 16.3 Å². The van der Waals surface area contributed by atoms with Gasteiger partial charge in [0, 0.05) is 29.2 Å². The van der Waals surface area contributed by atoms with Crippen molar-refractivity contribution in [3.05, 3.63) is 52.8 Å². The first-order valence-electron chi connectivity index (χ1n) is 7.82. The number of nitrogens with zero attached hydrogens (tertiary/aromatic N) is 2. The third-order valence-corrected chi connectivity index (χ3v) is 4.92. The van der Waals surface area contributed by atoms with Gasteiger partial charge in [0.25, 0.3) is 0 Å². The minimum atomic E-state index is -0.212. The van der Waals surface area contributed by atoms with Gasteiger partial charge >= 0.3 is 0 Å². The predicted octanol–water partition coefficient (Wildman–Crippen LogP) is 3.75. The van der Waals surface area contributed by atoms with Crippen LogP contribution in [0.1, 0.15) is 36.3 Å². The van der Waals surface area contributed by atoms with Gasteiger partial charge in [-0.25, -0.2) is 0 Å². The highest BCUT2D eigenvalue weighted by Crippen LogP contribution is 2.41. The van der Waals surface area contributed by atoms with Crippen LogP contribution in [0, 0.1) is 0 Å². The van der Waals surface area contributed by atoms with Crippen molar-refractivity contribution in [2.45, 2.75) is 25.2 Å². The van der Waals surface area contributed by atoms with Crippen LogP contribution in [0.15, 0.2) is 36.7 Å². The van der Waals surface area contributed by atoms with E-state index in [0.717, 1.165) is 17.0 Å². The number of benzene rings is 1. The maximum Gasteiger partial charge on any atom is 0.234 e. The largest absolute Gasteiger partial charge is 0.493 e. The number of halogens is 1. The number of hydrogen-bond donors (Lipinski definition) is 0. The highest BCUT2D eigenvalue weighted by Gasteiger charge is 2.36. The van der Waals surface area contributed by atoms with Crippen molar-refractivity contribution < 1.29 is 9.53 Å². The highest BCUT2D eigenvalue weighted by molar-refractivity contribution is 6.30. The Morgan fingerprint density at radius 3 is 3.09 bits per heavy atom. The lowest BCUT2D eigenvalue weighted by molar-refractivity contribution is -0.120. The molecule has 0 fully saturated rings.